The molecule has 1 aromatic rings. The van der Waals surface area contributed by atoms with Crippen LogP contribution in [0.25, 0.3) is 0 Å². The quantitative estimate of drug-likeness (QED) is 0.743. The molecule has 3 aliphatic carbocycles. The number of aromatic nitrogens is 2. The fraction of sp³-hybridized carbons (Fsp3) is 0.778. The Morgan fingerprint density at radius 3 is 2.58 bits per heavy atom. The van der Waals surface area contributed by atoms with Crippen LogP contribution in [0, 0.1) is 17.8 Å². The van der Waals surface area contributed by atoms with Crippen molar-refractivity contribution in [3.8, 4) is 0 Å². The van der Waals surface area contributed by atoms with Gasteiger partial charge in [0.1, 0.15) is 6.54 Å². The van der Waals surface area contributed by atoms with E-state index in [2.05, 4.69) is 26.3 Å². The zero-order valence-corrected chi connectivity index (χ0v) is 16.2. The van der Waals surface area contributed by atoms with Gasteiger partial charge in [-0.25, -0.2) is 0 Å². The Morgan fingerprint density at radius 1 is 1.31 bits per heavy atom. The Balaban J connectivity index is 1.45. The average Bonchev–Trinajstić information content (AvgIpc) is 3.01. The third-order valence-corrected chi connectivity index (χ3v) is 7.06. The first-order chi connectivity index (χ1) is 12.2. The second-order valence-corrected chi connectivity index (χ2v) is 8.97. The van der Waals surface area contributed by atoms with Crippen LogP contribution in [0.1, 0.15) is 62.8 Å². The van der Waals surface area contributed by atoms with Crippen LogP contribution in [-0.4, -0.2) is 21.7 Å². The molecule has 0 saturated heterocycles. The van der Waals surface area contributed by atoms with Gasteiger partial charge in [-0.3, -0.25) is 9.48 Å². The average molecular weight is 434 g/mol. The molecule has 1 N–H and O–H groups in total. The predicted molar refractivity (Wildman–Crippen MR) is 93.4 cm³/mol. The lowest BCUT2D eigenvalue weighted by Gasteiger charge is -2.28. The molecule has 0 radical (unpaired) electrons. The molecule has 4 unspecified atom stereocenters. The summed E-state index contributed by atoms with van der Waals surface area (Å²) in [6, 6.07) is 0.0586. The molecule has 8 heteroatoms. The minimum Gasteiger partial charge on any atom is -0.352 e. The minimum atomic E-state index is -4.53. The summed E-state index contributed by atoms with van der Waals surface area (Å²) in [6.07, 6.45) is 2.11. The number of alkyl halides is 3. The molecule has 26 heavy (non-hydrogen) atoms. The SMILES string of the molecule is CC(NC(=O)Cn1nc(C(F)(F)F)c(Br)c1C1CC1)C1CC2CCC1C2. The third-order valence-electron chi connectivity index (χ3n) is 6.28. The second-order valence-electron chi connectivity index (χ2n) is 8.17. The molecular weight excluding hydrogens is 411 g/mol. The predicted octanol–water partition coefficient (Wildman–Crippen LogP) is 4.48. The lowest BCUT2D eigenvalue weighted by atomic mass is 9.84. The van der Waals surface area contributed by atoms with Crippen LogP contribution in [0.4, 0.5) is 13.2 Å². The van der Waals surface area contributed by atoms with E-state index in [1.165, 1.54) is 23.9 Å². The first-order valence-electron chi connectivity index (χ1n) is 9.36. The highest BCUT2D eigenvalue weighted by Gasteiger charge is 2.43. The summed E-state index contributed by atoms with van der Waals surface area (Å²) in [6.45, 7) is 1.86. The summed E-state index contributed by atoms with van der Waals surface area (Å²) in [4.78, 5) is 12.5. The monoisotopic (exact) mass is 433 g/mol. The van der Waals surface area contributed by atoms with E-state index in [0.29, 0.717) is 17.5 Å². The van der Waals surface area contributed by atoms with Gasteiger partial charge in [0.15, 0.2) is 5.69 Å². The summed E-state index contributed by atoms with van der Waals surface area (Å²) >= 11 is 3.06. The van der Waals surface area contributed by atoms with E-state index in [0.717, 1.165) is 25.2 Å². The third kappa shape index (κ3) is 3.41. The molecule has 0 spiro atoms. The molecule has 4 rings (SSSR count). The Bertz CT molecular complexity index is 713. The first-order valence-corrected chi connectivity index (χ1v) is 10.2. The van der Waals surface area contributed by atoms with Crippen molar-refractivity contribution in [1.82, 2.24) is 15.1 Å². The molecule has 1 aromatic heterocycles. The molecular formula is C18H23BrF3N3O. The maximum absolute atomic E-state index is 13.2. The highest BCUT2D eigenvalue weighted by atomic mass is 79.9. The molecule has 1 heterocycles. The topological polar surface area (TPSA) is 46.9 Å². The number of amides is 1. The van der Waals surface area contributed by atoms with Crippen LogP contribution >= 0.6 is 15.9 Å². The van der Waals surface area contributed by atoms with Gasteiger partial charge < -0.3 is 5.32 Å². The van der Waals surface area contributed by atoms with Gasteiger partial charge in [-0.1, -0.05) is 6.42 Å². The summed E-state index contributed by atoms with van der Waals surface area (Å²) in [7, 11) is 0. The van der Waals surface area contributed by atoms with Crippen LogP contribution in [0.5, 0.6) is 0 Å². The van der Waals surface area contributed by atoms with Crippen LogP contribution < -0.4 is 5.32 Å². The van der Waals surface area contributed by atoms with E-state index in [1.54, 1.807) is 0 Å². The standard InChI is InChI=1S/C18H23BrF3N3O/c1-9(13-7-10-2-3-12(13)6-10)23-14(26)8-25-16(11-4-5-11)15(19)17(24-25)18(20,21)22/h9-13H,2-8H2,1H3,(H,23,26). The van der Waals surface area contributed by atoms with Crippen molar-refractivity contribution >= 4 is 21.8 Å². The van der Waals surface area contributed by atoms with Crippen LogP contribution in [0.15, 0.2) is 4.47 Å². The number of carbonyl (C=O) groups excluding carboxylic acids is 1. The number of halogens is 4. The van der Waals surface area contributed by atoms with Crippen molar-refractivity contribution in [3.63, 3.8) is 0 Å². The van der Waals surface area contributed by atoms with Gasteiger partial charge >= 0.3 is 6.18 Å². The smallest absolute Gasteiger partial charge is 0.352 e. The molecule has 1 amide bonds. The van der Waals surface area contributed by atoms with Crippen LogP contribution in [-0.2, 0) is 17.5 Å². The lowest BCUT2D eigenvalue weighted by Crippen LogP contribution is -2.41. The Morgan fingerprint density at radius 2 is 2.04 bits per heavy atom. The van der Waals surface area contributed by atoms with Crippen LogP contribution in [0.3, 0.4) is 0 Å². The summed E-state index contributed by atoms with van der Waals surface area (Å²) in [5.74, 6) is 1.78. The van der Waals surface area contributed by atoms with E-state index in [-0.39, 0.29) is 28.9 Å². The Labute approximate surface area is 159 Å². The normalized spacial score (nSPS) is 29.2. The lowest BCUT2D eigenvalue weighted by molar-refractivity contribution is -0.142. The zero-order chi connectivity index (χ0) is 18.6. The van der Waals surface area contributed by atoms with E-state index in [1.807, 2.05) is 6.92 Å². The van der Waals surface area contributed by atoms with Crippen molar-refractivity contribution in [3.05, 3.63) is 15.9 Å². The number of hydrogen-bond acceptors (Lipinski definition) is 2. The van der Waals surface area contributed by atoms with E-state index in [9.17, 15) is 18.0 Å². The second kappa shape index (κ2) is 6.53. The highest BCUT2D eigenvalue weighted by molar-refractivity contribution is 9.10. The van der Waals surface area contributed by atoms with Crippen molar-refractivity contribution in [2.75, 3.05) is 0 Å². The van der Waals surface area contributed by atoms with Gasteiger partial charge in [-0.15, -0.1) is 0 Å². The van der Waals surface area contributed by atoms with Gasteiger partial charge in [0, 0.05) is 12.0 Å². The number of nitrogens with one attached hydrogen (secondary N) is 1. The fourth-order valence-corrected chi connectivity index (χ4v) is 5.78. The number of fused-ring (bicyclic) bond motifs is 2. The molecule has 2 bridgehead atoms. The van der Waals surface area contributed by atoms with E-state index < -0.39 is 11.9 Å². The van der Waals surface area contributed by atoms with Crippen molar-refractivity contribution < 1.29 is 18.0 Å². The number of hydrogen-bond donors (Lipinski definition) is 1. The molecule has 3 aliphatic rings. The molecule has 3 saturated carbocycles. The maximum atomic E-state index is 13.2. The zero-order valence-electron chi connectivity index (χ0n) is 14.7. The van der Waals surface area contributed by atoms with Crippen molar-refractivity contribution in [2.24, 2.45) is 17.8 Å². The summed E-state index contributed by atoms with van der Waals surface area (Å²) < 4.78 is 40.7. The largest absolute Gasteiger partial charge is 0.436 e. The van der Waals surface area contributed by atoms with Crippen molar-refractivity contribution in [2.45, 2.75) is 70.1 Å². The minimum absolute atomic E-state index is 0.0125. The Hall–Kier alpha value is -1.05. The number of rotatable bonds is 5. The summed E-state index contributed by atoms with van der Waals surface area (Å²) in [5.41, 5.74) is -0.437. The van der Waals surface area contributed by atoms with E-state index in [4.69, 9.17) is 0 Å². The molecule has 0 aliphatic heterocycles. The first kappa shape index (κ1) is 18.3. The molecule has 3 fully saturated rings. The number of carbonyl (C=O) groups is 1. The number of nitrogens with zero attached hydrogens (tertiary/aromatic N) is 2. The fourth-order valence-electron chi connectivity index (χ4n) is 4.95. The van der Waals surface area contributed by atoms with Gasteiger partial charge in [0.05, 0.1) is 10.2 Å². The van der Waals surface area contributed by atoms with Crippen LogP contribution in [0.2, 0.25) is 0 Å². The summed E-state index contributed by atoms with van der Waals surface area (Å²) in [5, 5.41) is 6.72. The molecule has 144 valence electrons. The highest BCUT2D eigenvalue weighted by Crippen LogP contribution is 2.49. The van der Waals surface area contributed by atoms with Gasteiger partial charge in [0.2, 0.25) is 5.91 Å². The molecule has 4 nitrogen and oxygen atoms in total. The molecule has 4 atom stereocenters. The van der Waals surface area contributed by atoms with E-state index >= 15 is 0 Å². The van der Waals surface area contributed by atoms with Gasteiger partial charge in [-0.05, 0) is 72.7 Å². The maximum Gasteiger partial charge on any atom is 0.436 e. The van der Waals surface area contributed by atoms with Gasteiger partial charge in [-0.2, -0.15) is 18.3 Å². The van der Waals surface area contributed by atoms with Crippen molar-refractivity contribution in [1.29, 1.82) is 0 Å². The Kier molecular flexibility index (Phi) is 4.60. The molecule has 0 aromatic carbocycles. The van der Waals surface area contributed by atoms with Gasteiger partial charge in [0.25, 0.3) is 0 Å².